The minimum atomic E-state index is -0.845. The molecular weight excluding hydrogens is 198 g/mol. The first-order valence-electron chi connectivity index (χ1n) is 4.35. The zero-order valence-electron chi connectivity index (χ0n) is 7.68. The van der Waals surface area contributed by atoms with Gasteiger partial charge in [-0.25, -0.2) is 0 Å². The van der Waals surface area contributed by atoms with Crippen LogP contribution in [0.2, 0.25) is 0 Å². The Morgan fingerprint density at radius 1 is 1.43 bits per heavy atom. The van der Waals surface area contributed by atoms with Crippen LogP contribution in [0.3, 0.4) is 0 Å². The standard InChI is InChI=1S/C10H13NO2S/c12-10(13)9(11-7-14)6-8-4-2-1-3-5-8/h1-5,9,11,14H,6-7H2,(H,12,13)/t9-/m0/s1. The first-order valence-corrected chi connectivity index (χ1v) is 4.98. The van der Waals surface area contributed by atoms with E-state index < -0.39 is 12.0 Å². The molecule has 0 saturated heterocycles. The molecule has 0 aromatic heterocycles. The Morgan fingerprint density at radius 3 is 2.57 bits per heavy atom. The van der Waals surface area contributed by atoms with Crippen molar-refractivity contribution in [3.63, 3.8) is 0 Å². The highest BCUT2D eigenvalue weighted by Gasteiger charge is 2.15. The smallest absolute Gasteiger partial charge is 0.321 e. The number of carbonyl (C=O) groups is 1. The van der Waals surface area contributed by atoms with Crippen LogP contribution in [0, 0.1) is 0 Å². The zero-order valence-corrected chi connectivity index (χ0v) is 8.58. The summed E-state index contributed by atoms with van der Waals surface area (Å²) in [4.78, 5) is 10.8. The quantitative estimate of drug-likeness (QED) is 0.506. The first kappa shape index (κ1) is 11.1. The number of aliphatic carboxylic acids is 1. The summed E-state index contributed by atoms with van der Waals surface area (Å²) in [6, 6.07) is 8.97. The van der Waals surface area contributed by atoms with Crippen molar-refractivity contribution in [3.05, 3.63) is 35.9 Å². The van der Waals surface area contributed by atoms with E-state index in [1.807, 2.05) is 30.3 Å². The second-order valence-corrected chi connectivity index (χ2v) is 3.26. The molecule has 0 aliphatic heterocycles. The Hall–Kier alpha value is -1.00. The second kappa shape index (κ2) is 5.67. The largest absolute Gasteiger partial charge is 0.480 e. The molecule has 1 atom stereocenters. The number of hydrogen-bond donors (Lipinski definition) is 3. The molecule has 0 saturated carbocycles. The molecule has 1 rings (SSSR count). The fourth-order valence-corrected chi connectivity index (χ4v) is 1.43. The van der Waals surface area contributed by atoms with Crippen LogP contribution < -0.4 is 5.32 Å². The average Bonchev–Trinajstić information content (AvgIpc) is 2.18. The predicted octanol–water partition coefficient (Wildman–Crippen LogP) is 1.16. The van der Waals surface area contributed by atoms with Gasteiger partial charge in [-0.3, -0.25) is 10.1 Å². The van der Waals surface area contributed by atoms with Crippen LogP contribution in [0.15, 0.2) is 30.3 Å². The molecule has 76 valence electrons. The molecule has 0 unspecified atom stereocenters. The fraction of sp³-hybridized carbons (Fsp3) is 0.300. The fourth-order valence-electron chi connectivity index (χ4n) is 1.21. The van der Waals surface area contributed by atoms with E-state index >= 15 is 0 Å². The summed E-state index contributed by atoms with van der Waals surface area (Å²) in [6.07, 6.45) is 0.483. The number of rotatable bonds is 5. The van der Waals surface area contributed by atoms with Crippen molar-refractivity contribution in [2.75, 3.05) is 5.88 Å². The summed E-state index contributed by atoms with van der Waals surface area (Å²) in [5.74, 6) is -0.480. The van der Waals surface area contributed by atoms with Crippen LogP contribution in [0.1, 0.15) is 5.56 Å². The van der Waals surface area contributed by atoms with E-state index in [1.54, 1.807) is 0 Å². The number of carboxylic acids is 1. The zero-order chi connectivity index (χ0) is 10.4. The number of thiol groups is 1. The summed E-state index contributed by atoms with van der Waals surface area (Å²) in [5, 5.41) is 11.7. The SMILES string of the molecule is O=C(O)[C@H](Cc1ccccc1)NCS. The number of carboxylic acid groups (broad SMARTS) is 1. The monoisotopic (exact) mass is 211 g/mol. The third-order valence-corrected chi connectivity index (χ3v) is 2.10. The van der Waals surface area contributed by atoms with Gasteiger partial charge in [0.25, 0.3) is 0 Å². The maximum absolute atomic E-state index is 10.8. The van der Waals surface area contributed by atoms with Gasteiger partial charge in [-0.2, -0.15) is 12.6 Å². The Morgan fingerprint density at radius 2 is 2.07 bits per heavy atom. The van der Waals surface area contributed by atoms with E-state index in [1.165, 1.54) is 0 Å². The highest BCUT2D eigenvalue weighted by atomic mass is 32.1. The summed E-state index contributed by atoms with van der Waals surface area (Å²) >= 11 is 3.95. The van der Waals surface area contributed by atoms with Crippen LogP contribution in [0.25, 0.3) is 0 Å². The van der Waals surface area contributed by atoms with Crippen LogP contribution in [-0.2, 0) is 11.2 Å². The highest BCUT2D eigenvalue weighted by molar-refractivity contribution is 7.80. The summed E-state index contributed by atoms with van der Waals surface area (Å²) in [6.45, 7) is 0. The Balaban J connectivity index is 2.60. The summed E-state index contributed by atoms with van der Waals surface area (Å²) < 4.78 is 0. The third-order valence-electron chi connectivity index (χ3n) is 1.92. The van der Waals surface area contributed by atoms with Crippen molar-refractivity contribution >= 4 is 18.6 Å². The van der Waals surface area contributed by atoms with E-state index in [9.17, 15) is 4.79 Å². The number of benzene rings is 1. The molecule has 4 heteroatoms. The normalized spacial score (nSPS) is 12.4. The van der Waals surface area contributed by atoms with Crippen molar-refractivity contribution in [1.29, 1.82) is 0 Å². The van der Waals surface area contributed by atoms with Crippen molar-refractivity contribution in [3.8, 4) is 0 Å². The number of nitrogens with one attached hydrogen (secondary N) is 1. The van der Waals surface area contributed by atoms with Crippen LogP contribution >= 0.6 is 12.6 Å². The maximum Gasteiger partial charge on any atom is 0.321 e. The lowest BCUT2D eigenvalue weighted by atomic mass is 10.1. The van der Waals surface area contributed by atoms with Gasteiger partial charge in [-0.05, 0) is 12.0 Å². The molecule has 0 spiro atoms. The van der Waals surface area contributed by atoms with Gasteiger partial charge in [0.1, 0.15) is 6.04 Å². The van der Waals surface area contributed by atoms with E-state index in [4.69, 9.17) is 5.11 Å². The van der Waals surface area contributed by atoms with E-state index in [0.29, 0.717) is 12.3 Å². The molecule has 0 amide bonds. The van der Waals surface area contributed by atoms with Gasteiger partial charge in [0.05, 0.1) is 0 Å². The maximum atomic E-state index is 10.8. The lowest BCUT2D eigenvalue weighted by Gasteiger charge is -2.12. The molecular formula is C10H13NO2S. The van der Waals surface area contributed by atoms with Crippen LogP contribution in [0.5, 0.6) is 0 Å². The Labute approximate surface area is 88.6 Å². The molecule has 14 heavy (non-hydrogen) atoms. The minimum Gasteiger partial charge on any atom is -0.480 e. The summed E-state index contributed by atoms with van der Waals surface area (Å²) in [7, 11) is 0. The van der Waals surface area contributed by atoms with Crippen molar-refractivity contribution in [2.45, 2.75) is 12.5 Å². The topological polar surface area (TPSA) is 49.3 Å². The van der Waals surface area contributed by atoms with Gasteiger partial charge in [-0.1, -0.05) is 30.3 Å². The van der Waals surface area contributed by atoms with Gasteiger partial charge in [0, 0.05) is 5.88 Å². The van der Waals surface area contributed by atoms with Gasteiger partial charge < -0.3 is 5.11 Å². The van der Waals surface area contributed by atoms with E-state index in [0.717, 1.165) is 5.56 Å². The molecule has 0 aliphatic rings. The van der Waals surface area contributed by atoms with Gasteiger partial charge >= 0.3 is 5.97 Å². The third kappa shape index (κ3) is 3.40. The number of hydrogen-bond acceptors (Lipinski definition) is 3. The lowest BCUT2D eigenvalue weighted by molar-refractivity contribution is -0.139. The molecule has 0 radical (unpaired) electrons. The Bertz CT molecular complexity index is 289. The van der Waals surface area contributed by atoms with Crippen LogP contribution in [-0.4, -0.2) is 23.0 Å². The minimum absolute atomic E-state index is 0.365. The molecule has 1 aromatic rings. The molecule has 3 nitrogen and oxygen atoms in total. The van der Waals surface area contributed by atoms with E-state index in [2.05, 4.69) is 17.9 Å². The molecule has 1 aromatic carbocycles. The first-order chi connectivity index (χ1) is 6.74. The van der Waals surface area contributed by atoms with Gasteiger partial charge in [-0.15, -0.1) is 0 Å². The van der Waals surface area contributed by atoms with Crippen molar-refractivity contribution in [1.82, 2.24) is 5.32 Å². The van der Waals surface area contributed by atoms with Gasteiger partial charge in [0.15, 0.2) is 0 Å². The second-order valence-electron chi connectivity index (χ2n) is 2.94. The van der Waals surface area contributed by atoms with E-state index in [-0.39, 0.29) is 0 Å². The van der Waals surface area contributed by atoms with Crippen LogP contribution in [0.4, 0.5) is 0 Å². The molecule has 0 heterocycles. The lowest BCUT2D eigenvalue weighted by Crippen LogP contribution is -2.37. The molecule has 2 N–H and O–H groups in total. The summed E-state index contributed by atoms with van der Waals surface area (Å²) in [5.41, 5.74) is 1.01. The van der Waals surface area contributed by atoms with Gasteiger partial charge in [0.2, 0.25) is 0 Å². The highest BCUT2D eigenvalue weighted by Crippen LogP contribution is 2.03. The Kier molecular flexibility index (Phi) is 4.49. The van der Waals surface area contributed by atoms with Crippen molar-refractivity contribution in [2.24, 2.45) is 0 Å². The molecule has 0 aliphatic carbocycles. The molecule has 0 bridgehead atoms. The molecule has 0 fully saturated rings. The average molecular weight is 211 g/mol. The van der Waals surface area contributed by atoms with Crippen molar-refractivity contribution < 1.29 is 9.90 Å². The predicted molar refractivity (Wildman–Crippen MR) is 58.6 cm³/mol.